The van der Waals surface area contributed by atoms with Gasteiger partial charge >= 0.3 is 0 Å². The van der Waals surface area contributed by atoms with E-state index in [4.69, 9.17) is 11.5 Å². The molecule has 0 radical (unpaired) electrons. The molecule has 2 aliphatic heterocycles. The van der Waals surface area contributed by atoms with Crippen LogP contribution in [0.4, 0.5) is 0 Å². The SMILES string of the molecule is C[C@@H](CC(=O)CC(=O)C[C@H](C)C(=O)N1CCC[C@H]1C(N)=O)C(=O)N1CCC[C@H]1C(N)=O. The van der Waals surface area contributed by atoms with Crippen molar-refractivity contribution in [3.8, 4) is 0 Å². The smallest absolute Gasteiger partial charge is 0.240 e. The number of hydrogen-bond donors (Lipinski definition) is 2. The number of nitrogens with zero attached hydrogens (tertiary/aromatic N) is 2. The summed E-state index contributed by atoms with van der Waals surface area (Å²) in [4.78, 5) is 75.5. The van der Waals surface area contributed by atoms with Gasteiger partial charge in [0, 0.05) is 37.8 Å². The topological polar surface area (TPSA) is 161 Å². The third-order valence-electron chi connectivity index (χ3n) is 6.03. The summed E-state index contributed by atoms with van der Waals surface area (Å²) in [5, 5.41) is 0. The Kier molecular flexibility index (Phi) is 8.29. The van der Waals surface area contributed by atoms with Crippen molar-refractivity contribution < 1.29 is 28.8 Å². The highest BCUT2D eigenvalue weighted by Gasteiger charge is 2.36. The first-order valence-electron chi connectivity index (χ1n) is 10.8. The minimum atomic E-state index is -0.666. The lowest BCUT2D eigenvalue weighted by Crippen LogP contribution is -2.46. The third-order valence-corrected chi connectivity index (χ3v) is 6.03. The standard InChI is InChI=1S/C21H32N4O6/c1-12(20(30)24-7-3-5-16(24)18(22)28)9-14(26)11-15(27)10-13(2)21(31)25-8-4-6-17(25)19(23)29/h12-13,16-17H,3-11H2,1-2H3,(H2,22,28)(H2,23,29)/t12-,13-,16-,17-/m0/s1. The van der Waals surface area contributed by atoms with Gasteiger partial charge < -0.3 is 21.3 Å². The van der Waals surface area contributed by atoms with Gasteiger partial charge in [-0.05, 0) is 25.7 Å². The maximum atomic E-state index is 12.6. The molecular formula is C21H32N4O6. The van der Waals surface area contributed by atoms with Crippen LogP contribution >= 0.6 is 0 Å². The summed E-state index contributed by atoms with van der Waals surface area (Å²) in [7, 11) is 0. The van der Waals surface area contributed by atoms with Crippen LogP contribution < -0.4 is 11.5 Å². The molecule has 2 heterocycles. The van der Waals surface area contributed by atoms with Crippen LogP contribution in [-0.4, -0.2) is 70.2 Å². The Bertz CT molecular complexity index is 705. The van der Waals surface area contributed by atoms with E-state index in [1.54, 1.807) is 13.8 Å². The lowest BCUT2D eigenvalue weighted by molar-refractivity contribution is -0.142. The van der Waals surface area contributed by atoms with Gasteiger partial charge in [0.15, 0.2) is 0 Å². The lowest BCUT2D eigenvalue weighted by Gasteiger charge is -2.25. The number of primary amides is 2. The molecule has 2 fully saturated rings. The summed E-state index contributed by atoms with van der Waals surface area (Å²) >= 11 is 0. The van der Waals surface area contributed by atoms with Gasteiger partial charge in [0.1, 0.15) is 23.7 Å². The molecule has 0 spiro atoms. The molecule has 172 valence electrons. The van der Waals surface area contributed by atoms with Gasteiger partial charge in [-0.2, -0.15) is 0 Å². The normalized spacial score (nSPS) is 22.8. The molecule has 10 heteroatoms. The van der Waals surface area contributed by atoms with E-state index in [0.29, 0.717) is 38.8 Å². The highest BCUT2D eigenvalue weighted by atomic mass is 16.2. The van der Waals surface area contributed by atoms with Crippen LogP contribution in [0.25, 0.3) is 0 Å². The van der Waals surface area contributed by atoms with Crippen molar-refractivity contribution in [2.24, 2.45) is 23.3 Å². The zero-order valence-corrected chi connectivity index (χ0v) is 18.2. The summed E-state index contributed by atoms with van der Waals surface area (Å²) in [5.74, 6) is -3.88. The minimum absolute atomic E-state index is 0.120. The van der Waals surface area contributed by atoms with Gasteiger partial charge in [-0.1, -0.05) is 13.8 Å². The Morgan fingerprint density at radius 1 is 0.742 bits per heavy atom. The zero-order chi connectivity index (χ0) is 23.3. The van der Waals surface area contributed by atoms with Gasteiger partial charge in [0.25, 0.3) is 0 Å². The Balaban J connectivity index is 1.83. The van der Waals surface area contributed by atoms with E-state index < -0.39 is 47.3 Å². The van der Waals surface area contributed by atoms with E-state index in [-0.39, 0.29) is 31.1 Å². The van der Waals surface area contributed by atoms with Crippen LogP contribution in [0.5, 0.6) is 0 Å². The molecule has 0 bridgehead atoms. The molecule has 0 unspecified atom stereocenters. The molecule has 2 rings (SSSR count). The van der Waals surface area contributed by atoms with Crippen molar-refractivity contribution in [1.29, 1.82) is 0 Å². The van der Waals surface area contributed by atoms with Crippen molar-refractivity contribution in [2.45, 2.75) is 70.9 Å². The molecular weight excluding hydrogens is 404 g/mol. The fraction of sp³-hybridized carbons (Fsp3) is 0.714. The first kappa shape index (κ1) is 24.5. The number of Topliss-reactive ketones (excluding diaryl/α,β-unsaturated/α-hetero) is 2. The Morgan fingerprint density at radius 2 is 1.10 bits per heavy atom. The molecule has 31 heavy (non-hydrogen) atoms. The van der Waals surface area contributed by atoms with Gasteiger partial charge in [-0.3, -0.25) is 28.8 Å². The number of ketones is 2. The van der Waals surface area contributed by atoms with Crippen molar-refractivity contribution in [3.05, 3.63) is 0 Å². The minimum Gasteiger partial charge on any atom is -0.368 e. The summed E-state index contributed by atoms with van der Waals surface area (Å²) < 4.78 is 0. The van der Waals surface area contributed by atoms with Crippen LogP contribution in [0.3, 0.4) is 0 Å². The first-order valence-corrected chi connectivity index (χ1v) is 10.8. The van der Waals surface area contributed by atoms with Crippen LogP contribution in [0.1, 0.15) is 58.8 Å². The second-order valence-electron chi connectivity index (χ2n) is 8.65. The second-order valence-corrected chi connectivity index (χ2v) is 8.65. The van der Waals surface area contributed by atoms with Crippen LogP contribution in [-0.2, 0) is 28.8 Å². The highest BCUT2D eigenvalue weighted by molar-refractivity contribution is 6.02. The van der Waals surface area contributed by atoms with Crippen LogP contribution in [0.2, 0.25) is 0 Å². The molecule has 0 aromatic rings. The van der Waals surface area contributed by atoms with Crippen molar-refractivity contribution in [1.82, 2.24) is 9.80 Å². The van der Waals surface area contributed by atoms with Gasteiger partial charge in [0.05, 0.1) is 6.42 Å². The quantitative estimate of drug-likeness (QED) is 0.440. The number of carbonyl (C=O) groups excluding carboxylic acids is 6. The van der Waals surface area contributed by atoms with E-state index in [9.17, 15) is 28.8 Å². The van der Waals surface area contributed by atoms with E-state index in [1.807, 2.05) is 0 Å². The van der Waals surface area contributed by atoms with E-state index in [0.717, 1.165) is 0 Å². The summed E-state index contributed by atoms with van der Waals surface area (Å²) in [5.41, 5.74) is 10.7. The zero-order valence-electron chi connectivity index (χ0n) is 18.2. The second kappa shape index (κ2) is 10.5. The summed E-state index contributed by atoms with van der Waals surface area (Å²) in [6.45, 7) is 4.02. The molecule has 10 nitrogen and oxygen atoms in total. The van der Waals surface area contributed by atoms with Crippen molar-refractivity contribution in [3.63, 3.8) is 0 Å². The number of hydrogen-bond acceptors (Lipinski definition) is 6. The molecule has 0 aliphatic carbocycles. The number of carbonyl (C=O) groups is 6. The maximum Gasteiger partial charge on any atom is 0.240 e. The predicted molar refractivity (Wildman–Crippen MR) is 110 cm³/mol. The number of likely N-dealkylation sites (tertiary alicyclic amines) is 2. The average molecular weight is 437 g/mol. The Morgan fingerprint density at radius 3 is 1.42 bits per heavy atom. The molecule has 4 N–H and O–H groups in total. The van der Waals surface area contributed by atoms with Crippen LogP contribution in [0.15, 0.2) is 0 Å². The van der Waals surface area contributed by atoms with Crippen molar-refractivity contribution >= 4 is 35.2 Å². The number of nitrogens with two attached hydrogens (primary N) is 2. The summed E-state index contributed by atoms with van der Waals surface area (Å²) in [6, 6.07) is -1.29. The summed E-state index contributed by atoms with van der Waals surface area (Å²) in [6.07, 6.45) is 1.78. The van der Waals surface area contributed by atoms with Crippen LogP contribution in [0, 0.1) is 11.8 Å². The number of rotatable bonds is 10. The largest absolute Gasteiger partial charge is 0.368 e. The molecule has 2 saturated heterocycles. The van der Waals surface area contributed by atoms with E-state index in [2.05, 4.69) is 0 Å². The Hall–Kier alpha value is -2.78. The maximum absolute atomic E-state index is 12.6. The van der Waals surface area contributed by atoms with Gasteiger partial charge in [-0.25, -0.2) is 0 Å². The van der Waals surface area contributed by atoms with Gasteiger partial charge in [0.2, 0.25) is 23.6 Å². The number of amides is 4. The molecule has 4 amide bonds. The monoisotopic (exact) mass is 436 g/mol. The molecule has 0 aromatic heterocycles. The highest BCUT2D eigenvalue weighted by Crippen LogP contribution is 2.23. The van der Waals surface area contributed by atoms with E-state index in [1.165, 1.54) is 9.80 Å². The Labute approximate surface area is 181 Å². The molecule has 2 aliphatic rings. The van der Waals surface area contributed by atoms with Crippen molar-refractivity contribution in [2.75, 3.05) is 13.1 Å². The average Bonchev–Trinajstić information content (AvgIpc) is 3.35. The third kappa shape index (κ3) is 6.11. The molecule has 0 aromatic carbocycles. The molecule has 4 atom stereocenters. The molecule has 0 saturated carbocycles. The van der Waals surface area contributed by atoms with Gasteiger partial charge in [-0.15, -0.1) is 0 Å². The fourth-order valence-electron chi connectivity index (χ4n) is 4.44. The lowest BCUT2D eigenvalue weighted by atomic mass is 9.95. The first-order chi connectivity index (χ1) is 14.5. The predicted octanol–water partition coefficient (Wildman–Crippen LogP) is -0.480. The fourth-order valence-corrected chi connectivity index (χ4v) is 4.44. The van der Waals surface area contributed by atoms with E-state index >= 15 is 0 Å².